The van der Waals surface area contributed by atoms with Crippen molar-refractivity contribution in [1.82, 2.24) is 10.3 Å². The van der Waals surface area contributed by atoms with Crippen LogP contribution < -0.4 is 15.4 Å². The molecule has 176 valence electrons. The molecule has 0 bridgehead atoms. The molecule has 2 N–H and O–H groups in total. The monoisotopic (exact) mass is 463 g/mol. The number of anilines is 1. The van der Waals surface area contributed by atoms with Gasteiger partial charge in [-0.05, 0) is 67.8 Å². The van der Waals surface area contributed by atoms with Gasteiger partial charge in [-0.15, -0.1) is 0 Å². The Morgan fingerprint density at radius 1 is 1.12 bits per heavy atom. The van der Waals surface area contributed by atoms with Crippen LogP contribution in [-0.2, 0) is 22.6 Å². The van der Waals surface area contributed by atoms with E-state index in [-0.39, 0.29) is 12.2 Å². The SMILES string of the molecule is CC(C)(C)OC(=O)NC(Cc1ccc(F)cc1)C(=O)Nc1ccc2c(c1)COc1cnccc1-2. The van der Waals surface area contributed by atoms with Gasteiger partial charge in [0, 0.05) is 23.9 Å². The number of hydrogen-bond acceptors (Lipinski definition) is 5. The zero-order chi connectivity index (χ0) is 24.3. The second kappa shape index (κ2) is 9.51. The van der Waals surface area contributed by atoms with E-state index < -0.39 is 23.6 Å². The highest BCUT2D eigenvalue weighted by molar-refractivity contribution is 5.97. The molecule has 1 aromatic heterocycles. The lowest BCUT2D eigenvalue weighted by atomic mass is 9.97. The molecule has 1 unspecified atom stereocenters. The smallest absolute Gasteiger partial charge is 0.408 e. The zero-order valence-corrected chi connectivity index (χ0v) is 19.2. The molecule has 34 heavy (non-hydrogen) atoms. The molecule has 0 fully saturated rings. The van der Waals surface area contributed by atoms with E-state index in [0.717, 1.165) is 16.7 Å². The van der Waals surface area contributed by atoms with Crippen LogP contribution in [0.2, 0.25) is 0 Å². The Kier molecular flexibility index (Phi) is 6.49. The highest BCUT2D eigenvalue weighted by Crippen LogP contribution is 2.37. The molecule has 1 aliphatic heterocycles. The molecule has 2 heterocycles. The molecular weight excluding hydrogens is 437 g/mol. The number of alkyl carbamates (subject to hydrolysis) is 1. The Labute approximate surface area is 197 Å². The summed E-state index contributed by atoms with van der Waals surface area (Å²) in [5, 5.41) is 5.50. The molecule has 1 aliphatic rings. The van der Waals surface area contributed by atoms with Gasteiger partial charge in [-0.3, -0.25) is 9.78 Å². The lowest BCUT2D eigenvalue weighted by molar-refractivity contribution is -0.118. The number of hydrogen-bond donors (Lipinski definition) is 2. The predicted octanol–water partition coefficient (Wildman–Crippen LogP) is 4.85. The van der Waals surface area contributed by atoms with Crippen LogP contribution in [0.5, 0.6) is 5.75 Å². The predicted molar refractivity (Wildman–Crippen MR) is 126 cm³/mol. The summed E-state index contributed by atoms with van der Waals surface area (Å²) < 4.78 is 24.4. The number of halogens is 1. The molecule has 8 heteroatoms. The second-order valence-corrected chi connectivity index (χ2v) is 9.05. The lowest BCUT2D eigenvalue weighted by Gasteiger charge is -2.24. The van der Waals surface area contributed by atoms with Crippen LogP contribution in [0, 0.1) is 5.82 Å². The molecule has 2 aromatic carbocycles. The summed E-state index contributed by atoms with van der Waals surface area (Å²) in [6.45, 7) is 5.58. The fraction of sp³-hybridized carbons (Fsp3) is 0.269. The number of carbonyl (C=O) groups excluding carboxylic acids is 2. The molecule has 0 spiro atoms. The molecular formula is C26H26FN3O4. The van der Waals surface area contributed by atoms with Gasteiger partial charge < -0.3 is 20.1 Å². The Bertz CT molecular complexity index is 1210. The Hall–Kier alpha value is -3.94. The second-order valence-electron chi connectivity index (χ2n) is 9.05. The maximum atomic E-state index is 13.3. The number of nitrogens with zero attached hydrogens (tertiary/aromatic N) is 1. The molecule has 3 aromatic rings. The number of ether oxygens (including phenoxy) is 2. The first-order valence-corrected chi connectivity index (χ1v) is 10.9. The number of rotatable bonds is 5. The van der Waals surface area contributed by atoms with Gasteiger partial charge in [0.05, 0.1) is 6.20 Å². The number of benzene rings is 2. The molecule has 0 radical (unpaired) electrons. The first kappa shape index (κ1) is 23.2. The summed E-state index contributed by atoms with van der Waals surface area (Å²) in [4.78, 5) is 29.6. The minimum absolute atomic E-state index is 0.166. The number of nitrogens with one attached hydrogen (secondary N) is 2. The van der Waals surface area contributed by atoms with Crippen molar-refractivity contribution >= 4 is 17.7 Å². The van der Waals surface area contributed by atoms with E-state index in [4.69, 9.17) is 9.47 Å². The molecule has 0 saturated heterocycles. The Morgan fingerprint density at radius 2 is 1.88 bits per heavy atom. The van der Waals surface area contributed by atoms with Crippen LogP contribution in [-0.4, -0.2) is 28.6 Å². The van der Waals surface area contributed by atoms with E-state index in [1.165, 1.54) is 12.1 Å². The van der Waals surface area contributed by atoms with Gasteiger partial charge >= 0.3 is 6.09 Å². The highest BCUT2D eigenvalue weighted by atomic mass is 19.1. The summed E-state index contributed by atoms with van der Waals surface area (Å²) in [6, 6.07) is 12.3. The van der Waals surface area contributed by atoms with Crippen molar-refractivity contribution in [3.8, 4) is 16.9 Å². The van der Waals surface area contributed by atoms with E-state index >= 15 is 0 Å². The van der Waals surface area contributed by atoms with Crippen molar-refractivity contribution in [2.24, 2.45) is 0 Å². The molecule has 0 aliphatic carbocycles. The quantitative estimate of drug-likeness (QED) is 0.564. The number of aromatic nitrogens is 1. The van der Waals surface area contributed by atoms with Gasteiger partial charge in [-0.2, -0.15) is 0 Å². The maximum absolute atomic E-state index is 13.3. The fourth-order valence-electron chi connectivity index (χ4n) is 3.67. The van der Waals surface area contributed by atoms with Crippen LogP contribution >= 0.6 is 0 Å². The third kappa shape index (κ3) is 5.70. The van der Waals surface area contributed by atoms with Crippen molar-refractivity contribution in [3.05, 3.63) is 77.9 Å². The minimum Gasteiger partial charge on any atom is -0.487 e. The normalized spacial score (nSPS) is 13.1. The summed E-state index contributed by atoms with van der Waals surface area (Å²) in [5.41, 5.74) is 3.42. The third-order valence-electron chi connectivity index (χ3n) is 5.19. The van der Waals surface area contributed by atoms with Gasteiger partial charge in [0.1, 0.15) is 29.8 Å². The van der Waals surface area contributed by atoms with Gasteiger partial charge in [-0.1, -0.05) is 18.2 Å². The van der Waals surface area contributed by atoms with Crippen molar-refractivity contribution in [3.63, 3.8) is 0 Å². The van der Waals surface area contributed by atoms with E-state index in [1.54, 1.807) is 51.4 Å². The number of pyridine rings is 1. The number of amides is 2. The molecule has 0 saturated carbocycles. The van der Waals surface area contributed by atoms with Gasteiger partial charge in [-0.25, -0.2) is 9.18 Å². The van der Waals surface area contributed by atoms with Crippen LogP contribution in [0.3, 0.4) is 0 Å². The lowest BCUT2D eigenvalue weighted by Crippen LogP contribution is -2.47. The van der Waals surface area contributed by atoms with E-state index in [2.05, 4.69) is 15.6 Å². The standard InChI is InChI=1S/C26H26FN3O4/c1-26(2,3)34-25(32)30-22(12-16-4-6-18(27)7-5-16)24(31)29-19-8-9-20-17(13-19)15-33-23-14-28-11-10-21(20)23/h4-11,13-14,22H,12,15H2,1-3H3,(H,29,31)(H,30,32). The summed E-state index contributed by atoms with van der Waals surface area (Å²) in [5.74, 6) is -0.0809. The van der Waals surface area contributed by atoms with Gasteiger partial charge in [0.15, 0.2) is 0 Å². The largest absolute Gasteiger partial charge is 0.487 e. The van der Waals surface area contributed by atoms with E-state index in [9.17, 15) is 14.0 Å². The molecule has 1 atom stereocenters. The summed E-state index contributed by atoms with van der Waals surface area (Å²) in [6.07, 6.45) is 2.84. The number of carbonyl (C=O) groups is 2. The fourth-order valence-corrected chi connectivity index (χ4v) is 3.67. The first-order chi connectivity index (χ1) is 16.2. The van der Waals surface area contributed by atoms with Gasteiger partial charge in [0.2, 0.25) is 5.91 Å². The topological polar surface area (TPSA) is 89.5 Å². The van der Waals surface area contributed by atoms with E-state index in [0.29, 0.717) is 23.6 Å². The van der Waals surface area contributed by atoms with Crippen LogP contribution in [0.1, 0.15) is 31.9 Å². The van der Waals surface area contributed by atoms with Crippen molar-refractivity contribution in [1.29, 1.82) is 0 Å². The third-order valence-corrected chi connectivity index (χ3v) is 5.19. The van der Waals surface area contributed by atoms with Crippen molar-refractivity contribution in [2.45, 2.75) is 45.4 Å². The van der Waals surface area contributed by atoms with Crippen molar-refractivity contribution in [2.75, 3.05) is 5.32 Å². The average Bonchev–Trinajstić information content (AvgIpc) is 2.78. The zero-order valence-electron chi connectivity index (χ0n) is 19.2. The summed E-state index contributed by atoms with van der Waals surface area (Å²) >= 11 is 0. The van der Waals surface area contributed by atoms with Gasteiger partial charge in [0.25, 0.3) is 0 Å². The molecule has 2 amide bonds. The highest BCUT2D eigenvalue weighted by Gasteiger charge is 2.25. The van der Waals surface area contributed by atoms with Crippen LogP contribution in [0.15, 0.2) is 60.9 Å². The first-order valence-electron chi connectivity index (χ1n) is 10.9. The Balaban J connectivity index is 1.53. The van der Waals surface area contributed by atoms with Crippen LogP contribution in [0.4, 0.5) is 14.9 Å². The Morgan fingerprint density at radius 3 is 2.62 bits per heavy atom. The summed E-state index contributed by atoms with van der Waals surface area (Å²) in [7, 11) is 0. The maximum Gasteiger partial charge on any atom is 0.408 e. The number of fused-ring (bicyclic) bond motifs is 3. The van der Waals surface area contributed by atoms with Crippen LogP contribution in [0.25, 0.3) is 11.1 Å². The molecule has 7 nitrogen and oxygen atoms in total. The van der Waals surface area contributed by atoms with E-state index in [1.807, 2.05) is 18.2 Å². The average molecular weight is 464 g/mol. The molecule has 4 rings (SSSR count). The van der Waals surface area contributed by atoms with Crippen molar-refractivity contribution < 1.29 is 23.5 Å². The minimum atomic E-state index is -0.931.